The van der Waals surface area contributed by atoms with Gasteiger partial charge in [-0.15, -0.1) is 0 Å². The van der Waals surface area contributed by atoms with Crippen molar-refractivity contribution >= 4 is 0 Å². The fraction of sp³-hybridized carbons (Fsp3) is 0.529. The van der Waals surface area contributed by atoms with Crippen molar-refractivity contribution in [2.45, 2.75) is 25.4 Å². The van der Waals surface area contributed by atoms with Gasteiger partial charge in [0.05, 0.1) is 13.7 Å². The molecule has 1 aromatic carbocycles. The molecule has 6 nitrogen and oxygen atoms in total. The maximum absolute atomic E-state index is 5.44. The van der Waals surface area contributed by atoms with Crippen molar-refractivity contribution in [2.75, 3.05) is 33.3 Å². The first-order valence-corrected chi connectivity index (χ1v) is 8.25. The van der Waals surface area contributed by atoms with Crippen molar-refractivity contribution in [1.29, 1.82) is 0 Å². The highest BCUT2D eigenvalue weighted by Gasteiger charge is 2.31. The SMILES string of the molecule is COc1ccc(-c2noc(CN3CCN4CCC[C@H]4C3)n2)cc1. The molecule has 1 aromatic heterocycles. The molecule has 0 unspecified atom stereocenters. The molecule has 2 aromatic rings. The molecule has 0 saturated carbocycles. The minimum absolute atomic E-state index is 0.641. The molecule has 0 radical (unpaired) electrons. The van der Waals surface area contributed by atoms with Crippen LogP contribution in [0.15, 0.2) is 28.8 Å². The molecule has 0 amide bonds. The van der Waals surface area contributed by atoms with Crippen molar-refractivity contribution in [1.82, 2.24) is 19.9 Å². The number of rotatable bonds is 4. The second-order valence-corrected chi connectivity index (χ2v) is 6.31. The summed E-state index contributed by atoms with van der Waals surface area (Å²) in [6, 6.07) is 8.43. The Kier molecular flexibility index (Phi) is 4.01. The lowest BCUT2D eigenvalue weighted by molar-refractivity contribution is 0.0908. The van der Waals surface area contributed by atoms with E-state index in [1.807, 2.05) is 24.3 Å². The van der Waals surface area contributed by atoms with Crippen molar-refractivity contribution in [3.63, 3.8) is 0 Å². The predicted molar refractivity (Wildman–Crippen MR) is 86.2 cm³/mol. The summed E-state index contributed by atoms with van der Waals surface area (Å²) in [4.78, 5) is 9.57. The van der Waals surface area contributed by atoms with Crippen LogP contribution in [0.5, 0.6) is 5.75 Å². The summed E-state index contributed by atoms with van der Waals surface area (Å²) in [6.07, 6.45) is 2.65. The molecule has 122 valence electrons. The molecule has 1 atom stereocenters. The van der Waals surface area contributed by atoms with Gasteiger partial charge < -0.3 is 9.26 Å². The monoisotopic (exact) mass is 314 g/mol. The lowest BCUT2D eigenvalue weighted by Gasteiger charge is -2.36. The Morgan fingerprint density at radius 3 is 2.91 bits per heavy atom. The quantitative estimate of drug-likeness (QED) is 0.861. The van der Waals surface area contributed by atoms with Gasteiger partial charge in [-0.1, -0.05) is 5.16 Å². The maximum atomic E-state index is 5.44. The zero-order chi connectivity index (χ0) is 15.6. The van der Waals surface area contributed by atoms with Gasteiger partial charge in [-0.3, -0.25) is 9.80 Å². The van der Waals surface area contributed by atoms with E-state index in [4.69, 9.17) is 9.26 Å². The van der Waals surface area contributed by atoms with E-state index in [-0.39, 0.29) is 0 Å². The Morgan fingerprint density at radius 1 is 1.22 bits per heavy atom. The molecule has 0 aliphatic carbocycles. The van der Waals surface area contributed by atoms with Gasteiger partial charge in [0, 0.05) is 31.2 Å². The predicted octanol–water partition coefficient (Wildman–Crippen LogP) is 2.03. The number of hydrogen-bond donors (Lipinski definition) is 0. The van der Waals surface area contributed by atoms with Gasteiger partial charge in [-0.25, -0.2) is 0 Å². The molecule has 6 heteroatoms. The van der Waals surface area contributed by atoms with E-state index in [0.717, 1.165) is 37.5 Å². The maximum Gasteiger partial charge on any atom is 0.241 e. The van der Waals surface area contributed by atoms with Crippen LogP contribution in [0.25, 0.3) is 11.4 Å². The normalized spacial score (nSPS) is 22.2. The van der Waals surface area contributed by atoms with Gasteiger partial charge >= 0.3 is 0 Å². The minimum atomic E-state index is 0.641. The third kappa shape index (κ3) is 3.09. The molecule has 23 heavy (non-hydrogen) atoms. The third-order valence-electron chi connectivity index (χ3n) is 4.85. The van der Waals surface area contributed by atoms with Gasteiger partial charge in [0.25, 0.3) is 0 Å². The Bertz CT molecular complexity index is 655. The fourth-order valence-corrected chi connectivity index (χ4v) is 3.57. The molecule has 2 aliphatic heterocycles. The largest absolute Gasteiger partial charge is 0.497 e. The highest BCUT2D eigenvalue weighted by Crippen LogP contribution is 2.23. The van der Waals surface area contributed by atoms with Crippen LogP contribution in [-0.4, -0.2) is 59.3 Å². The number of hydrogen-bond acceptors (Lipinski definition) is 6. The molecule has 0 N–H and O–H groups in total. The van der Waals surface area contributed by atoms with Gasteiger partial charge in [0.15, 0.2) is 0 Å². The second kappa shape index (κ2) is 6.29. The van der Waals surface area contributed by atoms with Crippen LogP contribution in [-0.2, 0) is 6.54 Å². The summed E-state index contributed by atoms with van der Waals surface area (Å²) in [7, 11) is 1.66. The summed E-state index contributed by atoms with van der Waals surface area (Å²) in [5, 5.41) is 4.11. The molecule has 0 spiro atoms. The standard InChI is InChI=1S/C17H22N4O2/c1-22-15-6-4-13(5-7-15)17-18-16(23-19-17)12-20-9-10-21-8-2-3-14(21)11-20/h4-7,14H,2-3,8-12H2,1H3/t14-/m0/s1. The molecular formula is C17H22N4O2. The van der Waals surface area contributed by atoms with E-state index in [1.54, 1.807) is 7.11 Å². The van der Waals surface area contributed by atoms with Gasteiger partial charge in [0.1, 0.15) is 5.75 Å². The summed E-state index contributed by atoms with van der Waals surface area (Å²) in [5.74, 6) is 2.16. The number of nitrogens with zero attached hydrogens (tertiary/aromatic N) is 4. The Balaban J connectivity index is 1.41. The average Bonchev–Trinajstić information content (AvgIpc) is 3.24. The Hall–Kier alpha value is -1.92. The average molecular weight is 314 g/mol. The number of methoxy groups -OCH3 is 1. The van der Waals surface area contributed by atoms with Crippen LogP contribution in [0.3, 0.4) is 0 Å². The van der Waals surface area contributed by atoms with Gasteiger partial charge in [0.2, 0.25) is 11.7 Å². The van der Waals surface area contributed by atoms with Crippen molar-refractivity contribution in [2.24, 2.45) is 0 Å². The van der Waals surface area contributed by atoms with Crippen molar-refractivity contribution in [3.8, 4) is 17.1 Å². The third-order valence-corrected chi connectivity index (χ3v) is 4.85. The molecule has 4 rings (SSSR count). The zero-order valence-electron chi connectivity index (χ0n) is 13.4. The van der Waals surface area contributed by atoms with Crippen LogP contribution in [0.4, 0.5) is 0 Å². The second-order valence-electron chi connectivity index (χ2n) is 6.31. The lowest BCUT2D eigenvalue weighted by atomic mass is 10.1. The fourth-order valence-electron chi connectivity index (χ4n) is 3.57. The summed E-state index contributed by atoms with van der Waals surface area (Å²) in [5.41, 5.74) is 0.946. The van der Waals surface area contributed by atoms with E-state index in [0.29, 0.717) is 17.8 Å². The molecular weight excluding hydrogens is 292 g/mol. The van der Waals surface area contributed by atoms with Crippen LogP contribution in [0.1, 0.15) is 18.7 Å². The first-order valence-electron chi connectivity index (χ1n) is 8.25. The lowest BCUT2D eigenvalue weighted by Crippen LogP contribution is -2.49. The van der Waals surface area contributed by atoms with Crippen LogP contribution in [0.2, 0.25) is 0 Å². The highest BCUT2D eigenvalue weighted by molar-refractivity contribution is 5.55. The van der Waals surface area contributed by atoms with E-state index in [2.05, 4.69) is 19.9 Å². The van der Waals surface area contributed by atoms with E-state index in [1.165, 1.54) is 19.4 Å². The molecule has 2 aliphatic rings. The van der Waals surface area contributed by atoms with E-state index >= 15 is 0 Å². The number of ether oxygens (including phenoxy) is 1. The molecule has 3 heterocycles. The number of aromatic nitrogens is 2. The number of benzene rings is 1. The molecule has 2 saturated heterocycles. The smallest absolute Gasteiger partial charge is 0.241 e. The van der Waals surface area contributed by atoms with Gasteiger partial charge in [-0.2, -0.15) is 4.98 Å². The molecule has 2 fully saturated rings. The number of piperazine rings is 1. The Morgan fingerprint density at radius 2 is 2.09 bits per heavy atom. The van der Waals surface area contributed by atoms with Crippen LogP contribution in [0, 0.1) is 0 Å². The van der Waals surface area contributed by atoms with Crippen LogP contribution >= 0.6 is 0 Å². The number of fused-ring (bicyclic) bond motifs is 1. The Labute approximate surface area is 136 Å². The zero-order valence-corrected chi connectivity index (χ0v) is 13.4. The summed E-state index contributed by atoms with van der Waals surface area (Å²) < 4.78 is 10.6. The topological polar surface area (TPSA) is 54.6 Å². The van der Waals surface area contributed by atoms with E-state index < -0.39 is 0 Å². The first-order chi connectivity index (χ1) is 11.3. The van der Waals surface area contributed by atoms with Crippen molar-refractivity contribution in [3.05, 3.63) is 30.2 Å². The van der Waals surface area contributed by atoms with Crippen LogP contribution < -0.4 is 4.74 Å². The minimum Gasteiger partial charge on any atom is -0.497 e. The highest BCUT2D eigenvalue weighted by atomic mass is 16.5. The first kappa shape index (κ1) is 14.7. The van der Waals surface area contributed by atoms with Crippen molar-refractivity contribution < 1.29 is 9.26 Å². The molecule has 0 bridgehead atoms. The van der Waals surface area contributed by atoms with Gasteiger partial charge in [-0.05, 0) is 43.7 Å². The summed E-state index contributed by atoms with van der Waals surface area (Å²) >= 11 is 0. The van der Waals surface area contributed by atoms with E-state index in [9.17, 15) is 0 Å². The summed E-state index contributed by atoms with van der Waals surface area (Å²) in [6.45, 7) is 5.36.